The molecule has 3 fully saturated rings. The first kappa shape index (κ1) is 99.6. The Bertz CT molecular complexity index is 3600. The minimum atomic E-state index is -1.92. The number of aliphatic hydroxyl groups is 5. The number of amides is 15. The van der Waals surface area contributed by atoms with Gasteiger partial charge in [0.1, 0.15) is 78.8 Å². The second-order valence-corrected chi connectivity index (χ2v) is 28.6. The quantitative estimate of drug-likeness (QED) is 0.0269. The van der Waals surface area contributed by atoms with Crippen LogP contribution in [-0.4, -0.2) is 320 Å². The summed E-state index contributed by atoms with van der Waals surface area (Å²) in [5.74, 6) is -19.5. The van der Waals surface area contributed by atoms with Gasteiger partial charge in [-0.25, -0.2) is 4.79 Å². The van der Waals surface area contributed by atoms with Crippen LogP contribution in [0.1, 0.15) is 135 Å². The number of nitrogens with one attached hydrogen (secondary N) is 13. The number of nitrogens with zero attached hydrogens (tertiary/aromatic N) is 2. The zero-order valence-electron chi connectivity index (χ0n) is 65.4. The van der Waals surface area contributed by atoms with Gasteiger partial charge in [-0.1, -0.05) is 19.3 Å². The molecule has 2 aliphatic heterocycles. The summed E-state index contributed by atoms with van der Waals surface area (Å²) in [6.45, 7) is -2.72. The predicted molar refractivity (Wildman–Crippen MR) is 405 cm³/mol. The Morgan fingerprint density at radius 3 is 1.56 bits per heavy atom. The Balaban J connectivity index is 1.51. The molecule has 0 bridgehead atoms. The van der Waals surface area contributed by atoms with Crippen LogP contribution in [0.25, 0.3) is 0 Å². The number of rotatable bonds is 52. The van der Waals surface area contributed by atoms with Gasteiger partial charge in [0.15, 0.2) is 12.3 Å². The standard InChI is InChI=1S/C71H113N19O28/c1-35(81-69(114)57(88-49(94)29-74)38-9-4-3-5-10-38)61(106)77-30-52(97)84-45(27-37-21-24-76-25-22-37)67(112)86-41(14-13-39(28-73)117-71-60(105)59(104)58(103)47(34-91)118-71)63(108)79-32-50(95)82-43(16-19-54(99)100)65(110)85-42(15-18-48(75)93)64(109)80-33-53(98)90-26-8-12-46(90)68(113)87-40(11-6-7-23-72)62(107)78-31-51(96)83-44(17-20-55(101)102)66(111)89-56(36(2)92)70(115)116/h21-22,24-25,35-36,38-47,56-60,71,91-92,103-105H,3-20,23,26-34,72-74H2,1-2H3,(H2,75,93)(H,77,106)(H,78,107)(H,79,108)(H,80,109)(H,81,114)(H,82,95)(H,83,96)(H,84,97)(H,85,110)(H,86,112)(H,87,113)(H,88,94)(H,89,111)(H,99,100)(H,101,102)(H,115,116)/t35-,36+,39+,40-,41-,42-,43-,44-,45-,46-,47+,56-,57-,58-,59-,60+,71+/m0/s1. The summed E-state index contributed by atoms with van der Waals surface area (Å²) in [7, 11) is 0. The van der Waals surface area contributed by atoms with E-state index in [4.69, 9.17) is 32.4 Å². The number of ether oxygens (including phenoxy) is 2. The third kappa shape index (κ3) is 34.4. The largest absolute Gasteiger partial charge is 0.481 e. The van der Waals surface area contributed by atoms with Gasteiger partial charge in [-0.2, -0.15) is 0 Å². The number of likely N-dealkylation sites (tertiary alicyclic amines) is 1. The first-order valence-electron chi connectivity index (χ1n) is 38.6. The van der Waals surface area contributed by atoms with Gasteiger partial charge in [0, 0.05) is 51.2 Å². The number of nitrogens with two attached hydrogens (primary N) is 4. The number of aliphatic hydroxyl groups excluding tert-OH is 5. The molecule has 1 aromatic heterocycles. The number of aliphatic carboxylic acids is 3. The van der Waals surface area contributed by atoms with E-state index in [1.807, 2.05) is 5.32 Å². The van der Waals surface area contributed by atoms with Crippen LogP contribution in [0.2, 0.25) is 0 Å². The smallest absolute Gasteiger partial charge is 0.328 e. The molecule has 118 heavy (non-hydrogen) atoms. The van der Waals surface area contributed by atoms with Gasteiger partial charge in [0.25, 0.3) is 0 Å². The van der Waals surface area contributed by atoms with Crippen molar-refractivity contribution in [2.75, 3.05) is 59.0 Å². The fourth-order valence-electron chi connectivity index (χ4n) is 12.9. The summed E-state index contributed by atoms with van der Waals surface area (Å²) in [6.07, 6.45) is -9.25. The molecule has 3 heterocycles. The highest BCUT2D eigenvalue weighted by Crippen LogP contribution is 2.28. The number of carboxylic acids is 3. The van der Waals surface area contributed by atoms with Crippen molar-refractivity contribution in [1.29, 1.82) is 0 Å². The van der Waals surface area contributed by atoms with Crippen molar-refractivity contribution in [3.8, 4) is 0 Å². The molecular formula is C71H113N19O28. The Hall–Kier alpha value is -10.8. The molecule has 3 aliphatic rings. The van der Waals surface area contributed by atoms with Crippen molar-refractivity contribution < 1.29 is 137 Å². The highest BCUT2D eigenvalue weighted by atomic mass is 16.7. The highest BCUT2D eigenvalue weighted by Gasteiger charge is 2.46. The number of pyridine rings is 1. The highest BCUT2D eigenvalue weighted by molar-refractivity contribution is 5.99. The summed E-state index contributed by atoms with van der Waals surface area (Å²) in [5, 5.41) is 110. The Labute approximate surface area is 676 Å². The van der Waals surface area contributed by atoms with Crippen LogP contribution < -0.4 is 92.1 Å². The number of carbonyl (C=O) groups is 18. The molecule has 0 spiro atoms. The molecule has 15 amide bonds. The van der Waals surface area contributed by atoms with E-state index in [2.05, 4.69) is 68.8 Å². The number of aromatic nitrogens is 1. The molecule has 17 atom stereocenters. The molecule has 0 radical (unpaired) electrons. The second kappa shape index (κ2) is 51.4. The third-order valence-electron chi connectivity index (χ3n) is 19.4. The van der Waals surface area contributed by atoms with Gasteiger partial charge in [0.05, 0.1) is 51.5 Å². The SMILES string of the molecule is C[C@H](NC(=O)[C@@H](NC(=O)CN)C1CCCCC1)C(=O)NCC(=O)N[C@@H](Cc1ccncc1)C(=O)N[C@@H](CC[C@H](CN)O[C@@H]1O[C@H](CO)[C@H](O)[C@H](O)[C@H]1O)C(=O)NCC(=O)N[C@@H](CCC(=O)O)C(=O)N[C@@H](CCC(N)=O)C(=O)NCC(=O)N1CCC[C@H]1C(=O)N[C@@H](CCCCN)C(=O)NCC(=O)N[C@@H](CCC(=O)O)C(=O)N[C@H](C(=O)O)[C@@H](C)O. The monoisotopic (exact) mass is 1680 g/mol. The fourth-order valence-corrected chi connectivity index (χ4v) is 12.9. The number of carbonyl (C=O) groups excluding carboxylic acids is 15. The van der Waals surface area contributed by atoms with E-state index >= 15 is 0 Å². The topological polar surface area (TPSA) is 764 Å². The van der Waals surface area contributed by atoms with E-state index in [1.54, 1.807) is 0 Å². The van der Waals surface area contributed by atoms with Crippen molar-refractivity contribution in [3.63, 3.8) is 0 Å². The maximum Gasteiger partial charge on any atom is 0.328 e. The van der Waals surface area contributed by atoms with Crippen LogP contribution >= 0.6 is 0 Å². The van der Waals surface area contributed by atoms with Crippen molar-refractivity contribution in [3.05, 3.63) is 30.1 Å². The lowest BCUT2D eigenvalue weighted by Gasteiger charge is -2.40. The molecule has 1 saturated carbocycles. The molecule has 2 saturated heterocycles. The zero-order chi connectivity index (χ0) is 87.9. The molecule has 660 valence electrons. The van der Waals surface area contributed by atoms with Gasteiger partial charge in [-0.05, 0) is 121 Å². The summed E-state index contributed by atoms with van der Waals surface area (Å²) in [4.78, 5) is 243. The molecule has 0 aromatic carbocycles. The molecular weight excluding hydrogens is 1570 g/mol. The van der Waals surface area contributed by atoms with E-state index in [0.717, 1.165) is 31.1 Å². The van der Waals surface area contributed by atoms with E-state index < -0.39 is 301 Å². The lowest BCUT2D eigenvalue weighted by Crippen LogP contribution is -2.60. The van der Waals surface area contributed by atoms with Crippen molar-refractivity contribution in [2.45, 2.75) is 239 Å². The van der Waals surface area contributed by atoms with Crippen molar-refractivity contribution >= 4 is 107 Å². The molecule has 4 rings (SSSR count). The number of unbranched alkanes of at least 4 members (excludes halogenated alkanes) is 1. The zero-order valence-corrected chi connectivity index (χ0v) is 65.4. The molecule has 0 unspecified atom stereocenters. The predicted octanol–water partition coefficient (Wildman–Crippen LogP) is -11.5. The van der Waals surface area contributed by atoms with Crippen molar-refractivity contribution in [2.24, 2.45) is 28.9 Å². The van der Waals surface area contributed by atoms with Gasteiger partial charge in [-0.15, -0.1) is 0 Å². The van der Waals surface area contributed by atoms with E-state index in [-0.39, 0.29) is 57.5 Å². The van der Waals surface area contributed by atoms with E-state index in [1.165, 1.54) is 31.5 Å². The van der Waals surface area contributed by atoms with Crippen LogP contribution in [0.3, 0.4) is 0 Å². The molecule has 29 N–H and O–H groups in total. The molecule has 1 aromatic rings. The van der Waals surface area contributed by atoms with Crippen LogP contribution in [0.5, 0.6) is 0 Å². The maximum absolute atomic E-state index is 14.6. The van der Waals surface area contributed by atoms with Crippen LogP contribution in [-0.2, 0) is 102 Å². The summed E-state index contributed by atoms with van der Waals surface area (Å²) >= 11 is 0. The lowest BCUT2D eigenvalue weighted by molar-refractivity contribution is -0.310. The maximum atomic E-state index is 14.6. The first-order valence-corrected chi connectivity index (χ1v) is 38.6. The average Bonchev–Trinajstić information content (AvgIpc) is 1.27. The first-order chi connectivity index (χ1) is 55.9. The number of hydrogen-bond acceptors (Lipinski definition) is 29. The van der Waals surface area contributed by atoms with Gasteiger partial charge >= 0.3 is 17.9 Å². The minimum Gasteiger partial charge on any atom is -0.481 e. The van der Waals surface area contributed by atoms with Crippen molar-refractivity contribution in [1.82, 2.24) is 79.0 Å². The second-order valence-electron chi connectivity index (χ2n) is 28.6. The van der Waals surface area contributed by atoms with E-state index in [9.17, 15) is 127 Å². The third-order valence-corrected chi connectivity index (χ3v) is 19.4. The van der Waals surface area contributed by atoms with E-state index in [0.29, 0.717) is 24.8 Å². The lowest BCUT2D eigenvalue weighted by atomic mass is 9.83. The number of carboxylic acid groups (broad SMARTS) is 3. The Morgan fingerprint density at radius 1 is 0.534 bits per heavy atom. The van der Waals surface area contributed by atoms with Gasteiger partial charge in [-0.3, -0.25) is 86.5 Å². The molecule has 47 heteroatoms. The molecule has 47 nitrogen and oxygen atoms in total. The number of primary amides is 1. The normalized spacial score (nSPS) is 20.0. The Kier molecular flexibility index (Phi) is 43.4. The van der Waals surface area contributed by atoms with Crippen LogP contribution in [0.4, 0.5) is 0 Å². The van der Waals surface area contributed by atoms with Crippen LogP contribution in [0.15, 0.2) is 24.5 Å². The van der Waals surface area contributed by atoms with Crippen LogP contribution in [0, 0.1) is 5.92 Å². The minimum absolute atomic E-state index is 0.0292. The van der Waals surface area contributed by atoms with Gasteiger partial charge < -0.3 is 147 Å². The molecule has 1 aliphatic carbocycles. The number of hydrogen-bond donors (Lipinski definition) is 25. The summed E-state index contributed by atoms with van der Waals surface area (Å²) < 4.78 is 11.3. The van der Waals surface area contributed by atoms with Gasteiger partial charge in [0.2, 0.25) is 88.6 Å². The summed E-state index contributed by atoms with van der Waals surface area (Å²) in [6, 6.07) is -12.4. The fraction of sp³-hybridized carbons (Fsp3) is 0.676. The average molecular weight is 1680 g/mol. The Morgan fingerprint density at radius 2 is 1.04 bits per heavy atom. The summed E-state index contributed by atoms with van der Waals surface area (Å²) in [5.41, 5.74) is 23.0.